The molecule has 0 radical (unpaired) electrons. The summed E-state index contributed by atoms with van der Waals surface area (Å²) in [5.74, 6) is -0.214. The van der Waals surface area contributed by atoms with Crippen LogP contribution in [0.1, 0.15) is 31.6 Å². The minimum atomic E-state index is -0.245. The molecule has 24 heavy (non-hydrogen) atoms. The van der Waals surface area contributed by atoms with E-state index in [9.17, 15) is 9.18 Å². The Balaban J connectivity index is 1.71. The highest BCUT2D eigenvalue weighted by atomic mass is 32.1. The van der Waals surface area contributed by atoms with E-state index in [1.54, 1.807) is 17.0 Å². The zero-order chi connectivity index (χ0) is 16.5. The van der Waals surface area contributed by atoms with Crippen molar-refractivity contribution in [3.8, 4) is 0 Å². The van der Waals surface area contributed by atoms with Crippen molar-refractivity contribution in [3.05, 3.63) is 75.3 Å². The van der Waals surface area contributed by atoms with Crippen LogP contribution >= 0.6 is 11.3 Å². The second kappa shape index (κ2) is 6.34. The molecule has 1 aromatic heterocycles. The van der Waals surface area contributed by atoms with E-state index in [1.165, 1.54) is 23.5 Å². The van der Waals surface area contributed by atoms with Gasteiger partial charge in [-0.2, -0.15) is 0 Å². The fourth-order valence-corrected chi connectivity index (χ4v) is 4.10. The van der Waals surface area contributed by atoms with Crippen molar-refractivity contribution in [2.24, 2.45) is 0 Å². The van der Waals surface area contributed by atoms with Gasteiger partial charge in [-0.05, 0) is 35.4 Å². The van der Waals surface area contributed by atoms with Gasteiger partial charge in [0.15, 0.2) is 0 Å². The van der Waals surface area contributed by atoms with Gasteiger partial charge in [-0.25, -0.2) is 4.39 Å². The normalized spacial score (nSPS) is 19.4. The molecule has 1 saturated heterocycles. The van der Waals surface area contributed by atoms with Crippen LogP contribution in [-0.2, 0) is 4.74 Å². The third-order valence-electron chi connectivity index (χ3n) is 4.27. The zero-order valence-corrected chi connectivity index (χ0v) is 13.8. The molecule has 3 nitrogen and oxygen atoms in total. The summed E-state index contributed by atoms with van der Waals surface area (Å²) in [5.41, 5.74) is 2.10. The Kier molecular flexibility index (Phi) is 4.04. The lowest BCUT2D eigenvalue weighted by atomic mass is 9.91. The zero-order valence-electron chi connectivity index (χ0n) is 12.9. The highest BCUT2D eigenvalue weighted by molar-refractivity contribution is 7.15. The number of nitrogens with zero attached hydrogens (tertiary/aromatic N) is 1. The molecule has 1 atom stereocenters. The number of rotatable bonds is 2. The molecule has 0 N–H and O–H groups in total. The van der Waals surface area contributed by atoms with Gasteiger partial charge in [0.05, 0.1) is 11.5 Å². The standard InChI is InChI=1S/C19H16FNO2S/c20-14-7-5-13(6-8-14)15-3-1-2-4-17-16(15)11-18(24-17)19(22)21-9-10-23-12-21/h1-8,11,15H,9-10,12H2. The van der Waals surface area contributed by atoms with Crippen molar-refractivity contribution >= 4 is 23.3 Å². The third kappa shape index (κ3) is 2.81. The fourth-order valence-electron chi connectivity index (χ4n) is 3.01. The topological polar surface area (TPSA) is 29.5 Å². The van der Waals surface area contributed by atoms with Crippen LogP contribution in [0, 0.1) is 5.82 Å². The highest BCUT2D eigenvalue weighted by Gasteiger charge is 2.25. The van der Waals surface area contributed by atoms with Gasteiger partial charge in [0.2, 0.25) is 0 Å². The van der Waals surface area contributed by atoms with E-state index in [1.807, 2.05) is 24.3 Å². The summed E-state index contributed by atoms with van der Waals surface area (Å²) in [4.78, 5) is 16.1. The number of amides is 1. The maximum atomic E-state index is 13.2. The first kappa shape index (κ1) is 15.3. The molecule has 4 rings (SSSR count). The van der Waals surface area contributed by atoms with E-state index in [2.05, 4.69) is 6.08 Å². The lowest BCUT2D eigenvalue weighted by Gasteiger charge is -2.13. The van der Waals surface area contributed by atoms with Gasteiger partial charge in [-0.1, -0.05) is 30.4 Å². The number of benzene rings is 1. The van der Waals surface area contributed by atoms with Crippen LogP contribution in [0.25, 0.3) is 6.08 Å². The Hall–Kier alpha value is -2.24. The van der Waals surface area contributed by atoms with E-state index in [0.717, 1.165) is 20.9 Å². The average molecular weight is 341 g/mol. The van der Waals surface area contributed by atoms with Gasteiger partial charge >= 0.3 is 0 Å². The summed E-state index contributed by atoms with van der Waals surface area (Å²) in [7, 11) is 0. The SMILES string of the molecule is O=C(c1cc2c(s1)C=CC=CC2c1ccc(F)cc1)N1CCOC1. The monoisotopic (exact) mass is 341 g/mol. The van der Waals surface area contributed by atoms with Crippen molar-refractivity contribution in [1.29, 1.82) is 0 Å². The number of thiophene rings is 1. The first-order valence-corrected chi connectivity index (χ1v) is 8.65. The maximum Gasteiger partial charge on any atom is 0.265 e. The van der Waals surface area contributed by atoms with Crippen molar-refractivity contribution in [3.63, 3.8) is 0 Å². The van der Waals surface area contributed by atoms with E-state index < -0.39 is 0 Å². The number of halogens is 1. The fraction of sp³-hybridized carbons (Fsp3) is 0.211. The van der Waals surface area contributed by atoms with E-state index in [0.29, 0.717) is 19.9 Å². The van der Waals surface area contributed by atoms with Gasteiger partial charge in [0, 0.05) is 17.3 Å². The Morgan fingerprint density at radius 1 is 1.25 bits per heavy atom. The van der Waals surface area contributed by atoms with Gasteiger partial charge in [0.1, 0.15) is 12.5 Å². The number of carbonyl (C=O) groups is 1. The molecule has 1 fully saturated rings. The van der Waals surface area contributed by atoms with Crippen molar-refractivity contribution < 1.29 is 13.9 Å². The van der Waals surface area contributed by atoms with Gasteiger partial charge in [0.25, 0.3) is 5.91 Å². The number of hydrogen-bond donors (Lipinski definition) is 0. The van der Waals surface area contributed by atoms with Crippen molar-refractivity contribution in [1.82, 2.24) is 4.90 Å². The third-order valence-corrected chi connectivity index (χ3v) is 5.37. The van der Waals surface area contributed by atoms with Crippen LogP contribution < -0.4 is 0 Å². The highest BCUT2D eigenvalue weighted by Crippen LogP contribution is 2.37. The molecular formula is C19H16FNO2S. The molecule has 2 aromatic rings. The number of fused-ring (bicyclic) bond motifs is 1. The molecule has 1 aliphatic carbocycles. The summed E-state index contributed by atoms with van der Waals surface area (Å²) in [5, 5.41) is 0. The van der Waals surface area contributed by atoms with Crippen LogP contribution in [0.3, 0.4) is 0 Å². The van der Waals surface area contributed by atoms with E-state index in [4.69, 9.17) is 4.74 Å². The summed E-state index contributed by atoms with van der Waals surface area (Å²) in [6.45, 7) is 1.59. The molecule has 122 valence electrons. The molecule has 5 heteroatoms. The van der Waals surface area contributed by atoms with E-state index in [-0.39, 0.29) is 17.6 Å². The maximum absolute atomic E-state index is 13.2. The minimum Gasteiger partial charge on any atom is -0.359 e. The summed E-state index contributed by atoms with van der Waals surface area (Å²) in [6.07, 6.45) is 8.08. The van der Waals surface area contributed by atoms with Crippen molar-refractivity contribution in [2.45, 2.75) is 5.92 Å². The van der Waals surface area contributed by atoms with Crippen LogP contribution in [0.2, 0.25) is 0 Å². The molecule has 1 aromatic carbocycles. The Morgan fingerprint density at radius 2 is 2.08 bits per heavy atom. The smallest absolute Gasteiger partial charge is 0.265 e. The van der Waals surface area contributed by atoms with Gasteiger partial charge in [-0.15, -0.1) is 11.3 Å². The van der Waals surface area contributed by atoms with Crippen LogP contribution in [0.5, 0.6) is 0 Å². The number of carbonyl (C=O) groups excluding carboxylic acids is 1. The molecule has 0 saturated carbocycles. The number of allylic oxidation sites excluding steroid dienone is 3. The van der Waals surface area contributed by atoms with Gasteiger partial charge in [-0.3, -0.25) is 4.79 Å². The second-order valence-corrected chi connectivity index (χ2v) is 6.89. The number of hydrogen-bond acceptors (Lipinski definition) is 3. The summed E-state index contributed by atoms with van der Waals surface area (Å²) in [6, 6.07) is 8.51. The molecule has 0 bridgehead atoms. The van der Waals surface area contributed by atoms with E-state index >= 15 is 0 Å². The van der Waals surface area contributed by atoms with Crippen LogP contribution in [-0.4, -0.2) is 30.7 Å². The number of ether oxygens (including phenoxy) is 1. The predicted octanol–water partition coefficient (Wildman–Crippen LogP) is 4.03. The lowest BCUT2D eigenvalue weighted by Crippen LogP contribution is -2.27. The first-order valence-electron chi connectivity index (χ1n) is 7.83. The summed E-state index contributed by atoms with van der Waals surface area (Å²) >= 11 is 1.50. The van der Waals surface area contributed by atoms with Crippen LogP contribution in [0.4, 0.5) is 4.39 Å². The molecule has 0 spiro atoms. The Bertz CT molecular complexity index is 816. The molecule has 2 heterocycles. The first-order chi connectivity index (χ1) is 11.7. The van der Waals surface area contributed by atoms with Crippen LogP contribution in [0.15, 0.2) is 48.6 Å². The Labute approximate surface area is 143 Å². The largest absolute Gasteiger partial charge is 0.359 e. The lowest BCUT2D eigenvalue weighted by molar-refractivity contribution is 0.0699. The second-order valence-electron chi connectivity index (χ2n) is 5.81. The molecule has 1 unspecified atom stereocenters. The minimum absolute atomic E-state index is 0.0146. The Morgan fingerprint density at radius 3 is 2.83 bits per heavy atom. The summed E-state index contributed by atoms with van der Waals surface area (Å²) < 4.78 is 18.5. The average Bonchev–Trinajstić information content (AvgIpc) is 3.23. The molecule has 1 amide bonds. The quantitative estimate of drug-likeness (QED) is 0.825. The molecule has 2 aliphatic rings. The van der Waals surface area contributed by atoms with Gasteiger partial charge < -0.3 is 9.64 Å². The molecule has 1 aliphatic heterocycles. The predicted molar refractivity (Wildman–Crippen MR) is 92.6 cm³/mol. The molecular weight excluding hydrogens is 325 g/mol. The van der Waals surface area contributed by atoms with Crippen molar-refractivity contribution in [2.75, 3.05) is 19.9 Å².